The van der Waals surface area contributed by atoms with Crippen LogP contribution in [0, 0.1) is 6.92 Å². The molecule has 1 heterocycles. The average Bonchev–Trinajstić information content (AvgIpc) is 2.58. The molecule has 0 spiro atoms. The lowest BCUT2D eigenvalue weighted by atomic mass is 10.0. The van der Waals surface area contributed by atoms with Crippen molar-refractivity contribution in [1.29, 1.82) is 0 Å². The molecule has 110 valence electrons. The molecular weight excluding hydrogens is 272 g/mol. The summed E-state index contributed by atoms with van der Waals surface area (Å²) < 4.78 is 5.80. The number of pyridine rings is 1. The molecule has 0 bridgehead atoms. The summed E-state index contributed by atoms with van der Waals surface area (Å²) in [6.45, 7) is 1.98. The Morgan fingerprint density at radius 1 is 0.909 bits per heavy atom. The highest BCUT2D eigenvalue weighted by atomic mass is 16.5. The van der Waals surface area contributed by atoms with Gasteiger partial charge in [0, 0.05) is 11.8 Å². The fourth-order valence-corrected chi connectivity index (χ4v) is 2.31. The summed E-state index contributed by atoms with van der Waals surface area (Å²) in [5, 5.41) is 0. The second-order valence-electron chi connectivity index (χ2n) is 5.19. The number of aromatic nitrogens is 1. The minimum Gasteiger partial charge on any atom is -0.439 e. The molecule has 0 aliphatic carbocycles. The van der Waals surface area contributed by atoms with Gasteiger partial charge in [-0.1, -0.05) is 48.5 Å². The Morgan fingerprint density at radius 2 is 1.55 bits per heavy atom. The predicted octanol–water partition coefficient (Wildman–Crippen LogP) is 4.23. The predicted molar refractivity (Wildman–Crippen MR) is 88.0 cm³/mol. The monoisotopic (exact) mass is 290 g/mol. The lowest BCUT2D eigenvalue weighted by Gasteiger charge is -2.14. The Balaban J connectivity index is 1.83. The molecule has 1 aromatic heterocycles. The molecule has 3 nitrogen and oxygen atoms in total. The first kappa shape index (κ1) is 14.3. The van der Waals surface area contributed by atoms with Gasteiger partial charge in [-0.2, -0.15) is 0 Å². The maximum absolute atomic E-state index is 6.31. The molecule has 0 aliphatic rings. The van der Waals surface area contributed by atoms with Crippen LogP contribution in [0.3, 0.4) is 0 Å². The molecule has 0 unspecified atom stereocenters. The SMILES string of the molecule is Cc1cc([C@@H](N)c2ccccc2)cnc1Oc1ccccc1. The van der Waals surface area contributed by atoms with Crippen molar-refractivity contribution in [2.45, 2.75) is 13.0 Å². The Bertz CT molecular complexity index is 742. The van der Waals surface area contributed by atoms with Gasteiger partial charge in [-0.25, -0.2) is 4.98 Å². The van der Waals surface area contributed by atoms with Crippen molar-refractivity contribution < 1.29 is 4.74 Å². The van der Waals surface area contributed by atoms with Crippen molar-refractivity contribution >= 4 is 0 Å². The smallest absolute Gasteiger partial charge is 0.222 e. The van der Waals surface area contributed by atoms with Crippen LogP contribution in [0.1, 0.15) is 22.7 Å². The summed E-state index contributed by atoms with van der Waals surface area (Å²) in [4.78, 5) is 4.42. The first-order valence-electron chi connectivity index (χ1n) is 7.24. The fourth-order valence-electron chi connectivity index (χ4n) is 2.31. The Labute approximate surface area is 130 Å². The lowest BCUT2D eigenvalue weighted by Crippen LogP contribution is -2.12. The molecule has 2 aromatic carbocycles. The van der Waals surface area contributed by atoms with Crippen LogP contribution in [0.4, 0.5) is 0 Å². The van der Waals surface area contributed by atoms with Crippen molar-refractivity contribution in [2.24, 2.45) is 5.73 Å². The standard InChI is InChI=1S/C19H18N2O/c1-14-12-16(18(20)15-8-4-2-5-9-15)13-21-19(14)22-17-10-6-3-7-11-17/h2-13,18H,20H2,1H3/t18-/m0/s1. The second kappa shape index (κ2) is 6.41. The van der Waals surface area contributed by atoms with Crippen LogP contribution in [-0.2, 0) is 0 Å². The van der Waals surface area contributed by atoms with E-state index >= 15 is 0 Å². The Kier molecular flexibility index (Phi) is 4.17. The molecule has 22 heavy (non-hydrogen) atoms. The van der Waals surface area contributed by atoms with E-state index in [2.05, 4.69) is 4.98 Å². The summed E-state index contributed by atoms with van der Waals surface area (Å²) in [7, 11) is 0. The number of para-hydroxylation sites is 1. The van der Waals surface area contributed by atoms with Crippen molar-refractivity contribution in [1.82, 2.24) is 4.98 Å². The summed E-state index contributed by atoms with van der Waals surface area (Å²) in [5.74, 6) is 1.38. The third kappa shape index (κ3) is 3.15. The number of nitrogens with zero attached hydrogens (tertiary/aromatic N) is 1. The lowest BCUT2D eigenvalue weighted by molar-refractivity contribution is 0.458. The van der Waals surface area contributed by atoms with Crippen LogP contribution in [-0.4, -0.2) is 4.98 Å². The number of hydrogen-bond donors (Lipinski definition) is 1. The minimum atomic E-state index is -0.182. The minimum absolute atomic E-state index is 0.182. The molecule has 0 saturated carbocycles. The molecule has 3 rings (SSSR count). The van der Waals surface area contributed by atoms with Crippen molar-refractivity contribution in [3.05, 3.63) is 89.6 Å². The molecule has 3 aromatic rings. The van der Waals surface area contributed by atoms with E-state index < -0.39 is 0 Å². The van der Waals surface area contributed by atoms with E-state index in [1.54, 1.807) is 6.20 Å². The number of nitrogens with two attached hydrogens (primary N) is 1. The zero-order valence-corrected chi connectivity index (χ0v) is 12.4. The van der Waals surface area contributed by atoms with Gasteiger partial charge in [0.1, 0.15) is 5.75 Å². The van der Waals surface area contributed by atoms with Gasteiger partial charge in [0.05, 0.1) is 6.04 Å². The van der Waals surface area contributed by atoms with Gasteiger partial charge < -0.3 is 10.5 Å². The zero-order chi connectivity index (χ0) is 15.4. The first-order chi connectivity index (χ1) is 10.7. The first-order valence-corrected chi connectivity index (χ1v) is 7.24. The molecule has 0 fully saturated rings. The topological polar surface area (TPSA) is 48.1 Å². The van der Waals surface area contributed by atoms with Gasteiger partial charge in [0.15, 0.2) is 0 Å². The van der Waals surface area contributed by atoms with Gasteiger partial charge in [-0.05, 0) is 36.2 Å². The van der Waals surface area contributed by atoms with Crippen LogP contribution >= 0.6 is 0 Å². The second-order valence-corrected chi connectivity index (χ2v) is 5.19. The fraction of sp³-hybridized carbons (Fsp3) is 0.105. The van der Waals surface area contributed by atoms with Gasteiger partial charge in [0.25, 0.3) is 0 Å². The summed E-state index contributed by atoms with van der Waals surface area (Å²) in [6.07, 6.45) is 1.78. The maximum Gasteiger partial charge on any atom is 0.222 e. The largest absolute Gasteiger partial charge is 0.439 e. The van der Waals surface area contributed by atoms with Crippen LogP contribution in [0.5, 0.6) is 11.6 Å². The molecule has 1 atom stereocenters. The van der Waals surface area contributed by atoms with Crippen LogP contribution in [0.25, 0.3) is 0 Å². The normalized spacial score (nSPS) is 11.9. The molecule has 3 heteroatoms. The molecule has 0 amide bonds. The maximum atomic E-state index is 6.31. The van der Waals surface area contributed by atoms with E-state index in [0.717, 1.165) is 22.4 Å². The van der Waals surface area contributed by atoms with E-state index in [1.165, 1.54) is 0 Å². The third-order valence-electron chi connectivity index (χ3n) is 3.53. The zero-order valence-electron chi connectivity index (χ0n) is 12.4. The molecule has 2 N–H and O–H groups in total. The number of hydrogen-bond acceptors (Lipinski definition) is 3. The average molecular weight is 290 g/mol. The highest BCUT2D eigenvalue weighted by Gasteiger charge is 2.11. The van der Waals surface area contributed by atoms with Gasteiger partial charge in [0.2, 0.25) is 5.88 Å². The Hall–Kier alpha value is -2.65. The van der Waals surface area contributed by atoms with E-state index in [4.69, 9.17) is 10.5 Å². The summed E-state index contributed by atoms with van der Waals surface area (Å²) in [6, 6.07) is 21.5. The summed E-state index contributed by atoms with van der Waals surface area (Å²) in [5.41, 5.74) is 9.32. The number of benzene rings is 2. The third-order valence-corrected chi connectivity index (χ3v) is 3.53. The van der Waals surface area contributed by atoms with Crippen LogP contribution in [0.15, 0.2) is 72.9 Å². The molecule has 0 saturated heterocycles. The molecule has 0 radical (unpaired) electrons. The van der Waals surface area contributed by atoms with Crippen LogP contribution in [0.2, 0.25) is 0 Å². The number of rotatable bonds is 4. The highest BCUT2D eigenvalue weighted by Crippen LogP contribution is 2.26. The van der Waals surface area contributed by atoms with Crippen molar-refractivity contribution in [3.8, 4) is 11.6 Å². The highest BCUT2D eigenvalue weighted by molar-refractivity contribution is 5.37. The van der Waals surface area contributed by atoms with Crippen LogP contribution < -0.4 is 10.5 Å². The van der Waals surface area contributed by atoms with E-state index in [1.807, 2.05) is 73.7 Å². The summed E-state index contributed by atoms with van der Waals surface area (Å²) >= 11 is 0. The van der Waals surface area contributed by atoms with E-state index in [-0.39, 0.29) is 6.04 Å². The van der Waals surface area contributed by atoms with Gasteiger partial charge >= 0.3 is 0 Å². The van der Waals surface area contributed by atoms with E-state index in [0.29, 0.717) is 5.88 Å². The van der Waals surface area contributed by atoms with Crippen molar-refractivity contribution in [3.63, 3.8) is 0 Å². The Morgan fingerprint density at radius 3 is 2.18 bits per heavy atom. The number of ether oxygens (including phenoxy) is 1. The number of aryl methyl sites for hydroxylation is 1. The van der Waals surface area contributed by atoms with Gasteiger partial charge in [-0.3, -0.25) is 0 Å². The quantitative estimate of drug-likeness (QED) is 0.782. The molecule has 0 aliphatic heterocycles. The molecular formula is C19H18N2O. The van der Waals surface area contributed by atoms with Crippen molar-refractivity contribution in [2.75, 3.05) is 0 Å². The van der Waals surface area contributed by atoms with Gasteiger partial charge in [-0.15, -0.1) is 0 Å². The van der Waals surface area contributed by atoms with E-state index in [9.17, 15) is 0 Å².